The Bertz CT molecular complexity index is 3450. The lowest BCUT2D eigenvalue weighted by Crippen LogP contribution is -2.00. The maximum atomic E-state index is 7.08. The number of furan rings is 2. The second-order valence-electron chi connectivity index (χ2n) is 14.3. The smallest absolute Gasteiger partial charge is 0.164 e. The lowest BCUT2D eigenvalue weighted by molar-refractivity contribution is 0.666. The van der Waals surface area contributed by atoms with E-state index in [4.69, 9.17) is 23.8 Å². The highest BCUT2D eigenvalue weighted by Gasteiger charge is 2.25. The van der Waals surface area contributed by atoms with Crippen LogP contribution in [0.2, 0.25) is 0 Å². The lowest BCUT2D eigenvalue weighted by Gasteiger charge is -2.12. The number of nitrogens with zero attached hydrogens (tertiary/aromatic N) is 4. The maximum absolute atomic E-state index is 7.08. The number of fused-ring (bicyclic) bond motifs is 10. The summed E-state index contributed by atoms with van der Waals surface area (Å²) in [6.45, 7) is 0. The molecule has 0 unspecified atom stereocenters. The standard InChI is InChI=1S/C51H30N4O2/c1-4-15-31(16-5-1)34-27-30-41(55-39-24-12-10-22-37(39)44-40(55)29-28-36-35-21-11-13-25-42(35)56-47(36)44)48-46(34)45-38(23-14-26-43(45)57-48)51-53-49(32-17-6-2-7-18-32)52-50(54-51)33-19-8-3-9-20-33/h1-30H. The zero-order valence-electron chi connectivity index (χ0n) is 30.4. The maximum Gasteiger partial charge on any atom is 0.164 e. The molecule has 266 valence electrons. The molecule has 0 fully saturated rings. The van der Waals surface area contributed by atoms with Gasteiger partial charge in [-0.3, -0.25) is 0 Å². The molecular weight excluding hydrogens is 701 g/mol. The molecule has 12 rings (SSSR count). The number of hydrogen-bond acceptors (Lipinski definition) is 5. The predicted molar refractivity (Wildman–Crippen MR) is 230 cm³/mol. The topological polar surface area (TPSA) is 69.9 Å². The van der Waals surface area contributed by atoms with E-state index in [2.05, 4.69) is 95.6 Å². The van der Waals surface area contributed by atoms with Crippen LogP contribution >= 0.6 is 0 Å². The monoisotopic (exact) mass is 730 g/mol. The molecule has 0 spiro atoms. The molecule has 0 aliphatic rings. The normalized spacial score (nSPS) is 11.9. The Morgan fingerprint density at radius 1 is 0.333 bits per heavy atom. The Morgan fingerprint density at radius 2 is 0.930 bits per heavy atom. The van der Waals surface area contributed by atoms with Gasteiger partial charge in [0, 0.05) is 43.6 Å². The van der Waals surface area contributed by atoms with Gasteiger partial charge in [-0.1, -0.05) is 146 Å². The molecule has 0 aliphatic heterocycles. The molecule has 8 aromatic carbocycles. The van der Waals surface area contributed by atoms with Crippen molar-refractivity contribution in [2.45, 2.75) is 0 Å². The highest BCUT2D eigenvalue weighted by Crippen LogP contribution is 2.46. The van der Waals surface area contributed by atoms with Crippen molar-refractivity contribution in [2.24, 2.45) is 0 Å². The Hall–Kier alpha value is -7.83. The first-order chi connectivity index (χ1) is 28.3. The van der Waals surface area contributed by atoms with Gasteiger partial charge in [0.15, 0.2) is 23.1 Å². The van der Waals surface area contributed by atoms with Crippen molar-refractivity contribution in [2.75, 3.05) is 0 Å². The first kappa shape index (κ1) is 31.5. The third kappa shape index (κ3) is 4.81. The highest BCUT2D eigenvalue weighted by atomic mass is 16.3. The van der Waals surface area contributed by atoms with E-state index in [0.717, 1.165) is 99.2 Å². The number of rotatable bonds is 5. The van der Waals surface area contributed by atoms with Gasteiger partial charge in [-0.05, 0) is 47.5 Å². The lowest BCUT2D eigenvalue weighted by atomic mass is 9.96. The summed E-state index contributed by atoms with van der Waals surface area (Å²) in [5.74, 6) is 1.79. The molecule has 0 bridgehead atoms. The Labute approximate surface area is 325 Å². The van der Waals surface area contributed by atoms with E-state index in [1.54, 1.807) is 0 Å². The van der Waals surface area contributed by atoms with Gasteiger partial charge in [0.2, 0.25) is 0 Å². The van der Waals surface area contributed by atoms with Crippen LogP contribution in [0.4, 0.5) is 0 Å². The predicted octanol–water partition coefficient (Wildman–Crippen LogP) is 13.4. The van der Waals surface area contributed by atoms with Gasteiger partial charge in [-0.2, -0.15) is 0 Å². The van der Waals surface area contributed by atoms with Crippen LogP contribution < -0.4 is 0 Å². The molecule has 0 saturated carbocycles. The molecule has 57 heavy (non-hydrogen) atoms. The van der Waals surface area contributed by atoms with Crippen molar-refractivity contribution in [3.05, 3.63) is 182 Å². The van der Waals surface area contributed by atoms with Crippen LogP contribution in [0.3, 0.4) is 0 Å². The second kappa shape index (κ2) is 12.3. The molecule has 0 atom stereocenters. The molecule has 0 saturated heterocycles. The summed E-state index contributed by atoms with van der Waals surface area (Å²) in [7, 11) is 0. The van der Waals surface area contributed by atoms with Crippen LogP contribution in [0.25, 0.3) is 117 Å². The van der Waals surface area contributed by atoms with Crippen molar-refractivity contribution in [3.63, 3.8) is 0 Å². The van der Waals surface area contributed by atoms with E-state index >= 15 is 0 Å². The zero-order chi connectivity index (χ0) is 37.5. The number of benzene rings is 8. The van der Waals surface area contributed by atoms with Crippen molar-refractivity contribution in [1.82, 2.24) is 19.5 Å². The van der Waals surface area contributed by atoms with E-state index in [9.17, 15) is 0 Å². The van der Waals surface area contributed by atoms with Gasteiger partial charge in [0.05, 0.1) is 22.1 Å². The summed E-state index contributed by atoms with van der Waals surface area (Å²) < 4.78 is 16.0. The molecule has 6 nitrogen and oxygen atoms in total. The van der Waals surface area contributed by atoms with E-state index in [1.807, 2.05) is 91.0 Å². The van der Waals surface area contributed by atoms with Crippen LogP contribution in [0.5, 0.6) is 0 Å². The molecular formula is C51H30N4O2. The molecule has 0 N–H and O–H groups in total. The first-order valence-corrected chi connectivity index (χ1v) is 19.0. The van der Waals surface area contributed by atoms with Gasteiger partial charge in [-0.15, -0.1) is 0 Å². The summed E-state index contributed by atoms with van der Waals surface area (Å²) >= 11 is 0. The van der Waals surface area contributed by atoms with E-state index in [0.29, 0.717) is 17.5 Å². The first-order valence-electron chi connectivity index (χ1n) is 19.0. The molecule has 12 aromatic rings. The molecule has 6 heteroatoms. The summed E-state index contributed by atoms with van der Waals surface area (Å²) in [4.78, 5) is 15.3. The summed E-state index contributed by atoms with van der Waals surface area (Å²) in [5, 5.41) is 6.32. The molecule has 0 radical (unpaired) electrons. The molecule has 4 heterocycles. The third-order valence-corrected chi connectivity index (χ3v) is 11.1. The average Bonchev–Trinajstić information content (AvgIpc) is 3.97. The fourth-order valence-corrected chi connectivity index (χ4v) is 8.55. The van der Waals surface area contributed by atoms with Crippen LogP contribution in [0.15, 0.2) is 191 Å². The van der Waals surface area contributed by atoms with Crippen molar-refractivity contribution < 1.29 is 8.83 Å². The minimum atomic E-state index is 0.574. The molecule has 4 aromatic heterocycles. The third-order valence-electron chi connectivity index (χ3n) is 11.1. The van der Waals surface area contributed by atoms with Gasteiger partial charge >= 0.3 is 0 Å². The van der Waals surface area contributed by atoms with E-state index in [-0.39, 0.29) is 0 Å². The summed E-state index contributed by atoms with van der Waals surface area (Å²) in [5.41, 5.74) is 11.1. The van der Waals surface area contributed by atoms with Gasteiger partial charge in [0.25, 0.3) is 0 Å². The van der Waals surface area contributed by atoms with E-state index < -0.39 is 0 Å². The largest absolute Gasteiger partial charge is 0.455 e. The highest BCUT2D eigenvalue weighted by molar-refractivity contribution is 6.25. The fraction of sp³-hybridized carbons (Fsp3) is 0. The minimum Gasteiger partial charge on any atom is -0.455 e. The molecule has 0 aliphatic carbocycles. The van der Waals surface area contributed by atoms with Crippen molar-refractivity contribution in [1.29, 1.82) is 0 Å². The Kier molecular flexibility index (Phi) is 6.83. The van der Waals surface area contributed by atoms with Gasteiger partial charge in [0.1, 0.15) is 16.7 Å². The SMILES string of the molecule is c1ccc(-c2nc(-c3ccccc3)nc(-c3cccc4oc5c(-n6c7ccccc7c7c8oc9ccccc9c8ccc76)ccc(-c6ccccc6)c5c34)n2)cc1. The second-order valence-corrected chi connectivity index (χ2v) is 14.3. The van der Waals surface area contributed by atoms with Crippen LogP contribution in [0.1, 0.15) is 0 Å². The average molecular weight is 731 g/mol. The molecule has 0 amide bonds. The Balaban J connectivity index is 1.19. The Morgan fingerprint density at radius 3 is 1.67 bits per heavy atom. The van der Waals surface area contributed by atoms with Gasteiger partial charge < -0.3 is 13.4 Å². The number of hydrogen-bond donors (Lipinski definition) is 0. The quantitative estimate of drug-likeness (QED) is 0.176. The zero-order valence-corrected chi connectivity index (χ0v) is 30.4. The fourth-order valence-electron chi connectivity index (χ4n) is 8.55. The van der Waals surface area contributed by atoms with Crippen LogP contribution in [0, 0.1) is 0 Å². The number of para-hydroxylation sites is 2. The van der Waals surface area contributed by atoms with Crippen LogP contribution in [-0.4, -0.2) is 19.5 Å². The van der Waals surface area contributed by atoms with Gasteiger partial charge in [-0.25, -0.2) is 15.0 Å². The van der Waals surface area contributed by atoms with E-state index in [1.165, 1.54) is 0 Å². The van der Waals surface area contributed by atoms with Crippen molar-refractivity contribution >= 4 is 65.7 Å². The van der Waals surface area contributed by atoms with Crippen molar-refractivity contribution in [3.8, 4) is 51.0 Å². The number of aromatic nitrogens is 4. The summed E-state index contributed by atoms with van der Waals surface area (Å²) in [6.07, 6.45) is 0. The minimum absolute atomic E-state index is 0.574. The van der Waals surface area contributed by atoms with Crippen LogP contribution in [-0.2, 0) is 0 Å². The summed E-state index contributed by atoms with van der Waals surface area (Å²) in [6, 6.07) is 62.4.